The molecule has 0 unspecified atom stereocenters. The zero-order valence-electron chi connectivity index (χ0n) is 9.91. The maximum absolute atomic E-state index is 10.7. The van der Waals surface area contributed by atoms with Gasteiger partial charge in [0.05, 0.1) is 0 Å². The zero-order valence-corrected chi connectivity index (χ0v) is 10.7. The van der Waals surface area contributed by atoms with Crippen LogP contribution in [0.2, 0.25) is 0 Å². The van der Waals surface area contributed by atoms with Gasteiger partial charge in [-0.1, -0.05) is 30.4 Å². The van der Waals surface area contributed by atoms with Crippen molar-refractivity contribution in [1.29, 1.82) is 0 Å². The van der Waals surface area contributed by atoms with Gasteiger partial charge in [-0.25, -0.2) is 4.18 Å². The van der Waals surface area contributed by atoms with Gasteiger partial charge >= 0.3 is 10.4 Å². The molecule has 0 bridgehead atoms. The van der Waals surface area contributed by atoms with Crippen molar-refractivity contribution in [1.82, 2.24) is 0 Å². The quantitative estimate of drug-likeness (QED) is 0.594. The molecule has 0 amide bonds. The van der Waals surface area contributed by atoms with Crippen molar-refractivity contribution in [2.45, 2.75) is 6.92 Å². The van der Waals surface area contributed by atoms with Gasteiger partial charge in [-0.05, 0) is 13.0 Å². The SMILES string of the molecule is CC=Cc1ccccc1OCCOS(=O)(=O)ON. The molecule has 0 aliphatic rings. The molecule has 0 aliphatic heterocycles. The largest absolute Gasteiger partial charge is 0.491 e. The van der Waals surface area contributed by atoms with Crippen LogP contribution < -0.4 is 10.6 Å². The Bertz CT molecular complexity index is 498. The summed E-state index contributed by atoms with van der Waals surface area (Å²) in [4.78, 5) is 0. The van der Waals surface area contributed by atoms with Crippen molar-refractivity contribution in [2.75, 3.05) is 13.2 Å². The van der Waals surface area contributed by atoms with Crippen LogP contribution in [0.15, 0.2) is 30.3 Å². The van der Waals surface area contributed by atoms with Crippen LogP contribution in [0.3, 0.4) is 0 Å². The van der Waals surface area contributed by atoms with E-state index in [0.717, 1.165) is 5.56 Å². The molecule has 0 saturated heterocycles. The number of para-hydroxylation sites is 1. The average Bonchev–Trinajstić information content (AvgIpc) is 2.37. The Labute approximate surface area is 106 Å². The monoisotopic (exact) mass is 273 g/mol. The molecule has 0 heterocycles. The highest BCUT2D eigenvalue weighted by Gasteiger charge is 2.09. The van der Waals surface area contributed by atoms with Crippen LogP contribution in [0.25, 0.3) is 6.08 Å². The molecule has 1 aromatic rings. The van der Waals surface area contributed by atoms with Crippen molar-refractivity contribution in [2.24, 2.45) is 5.90 Å². The maximum Gasteiger partial charge on any atom is 0.416 e. The Morgan fingerprint density at radius 3 is 2.67 bits per heavy atom. The summed E-state index contributed by atoms with van der Waals surface area (Å²) in [6, 6.07) is 7.37. The van der Waals surface area contributed by atoms with Crippen LogP contribution in [0.1, 0.15) is 12.5 Å². The van der Waals surface area contributed by atoms with Crippen molar-refractivity contribution < 1.29 is 21.6 Å². The number of benzene rings is 1. The van der Waals surface area contributed by atoms with E-state index in [0.29, 0.717) is 5.75 Å². The summed E-state index contributed by atoms with van der Waals surface area (Å²) >= 11 is 0. The minimum atomic E-state index is -4.11. The number of ether oxygens (including phenoxy) is 1. The van der Waals surface area contributed by atoms with Gasteiger partial charge in [0.15, 0.2) is 0 Å². The van der Waals surface area contributed by atoms with E-state index in [2.05, 4.69) is 14.4 Å². The number of rotatable bonds is 7. The third-order valence-corrected chi connectivity index (χ3v) is 2.64. The highest BCUT2D eigenvalue weighted by atomic mass is 32.3. The number of hydrogen-bond acceptors (Lipinski definition) is 6. The predicted molar refractivity (Wildman–Crippen MR) is 66.8 cm³/mol. The molecule has 2 N–H and O–H groups in total. The van der Waals surface area contributed by atoms with Crippen LogP contribution in [0.4, 0.5) is 0 Å². The van der Waals surface area contributed by atoms with Crippen LogP contribution in [-0.4, -0.2) is 21.6 Å². The van der Waals surface area contributed by atoms with E-state index in [1.54, 1.807) is 6.07 Å². The molecule has 0 spiro atoms. The van der Waals surface area contributed by atoms with Crippen molar-refractivity contribution >= 4 is 16.5 Å². The van der Waals surface area contributed by atoms with Crippen molar-refractivity contribution in [3.63, 3.8) is 0 Å². The predicted octanol–water partition coefficient (Wildman–Crippen LogP) is 1.25. The van der Waals surface area contributed by atoms with Crippen molar-refractivity contribution in [3.05, 3.63) is 35.9 Å². The van der Waals surface area contributed by atoms with Crippen LogP contribution in [0.5, 0.6) is 5.75 Å². The first-order valence-corrected chi connectivity index (χ1v) is 6.54. The summed E-state index contributed by atoms with van der Waals surface area (Å²) in [5.41, 5.74) is 0.901. The first-order chi connectivity index (χ1) is 8.59. The first-order valence-electron chi connectivity index (χ1n) is 5.21. The Morgan fingerprint density at radius 1 is 1.28 bits per heavy atom. The van der Waals surface area contributed by atoms with E-state index in [9.17, 15) is 8.42 Å². The van der Waals surface area contributed by atoms with Gasteiger partial charge in [0, 0.05) is 5.56 Å². The normalized spacial score (nSPS) is 11.9. The molecular weight excluding hydrogens is 258 g/mol. The van der Waals surface area contributed by atoms with E-state index < -0.39 is 10.4 Å². The average molecular weight is 273 g/mol. The molecule has 1 aromatic carbocycles. The molecule has 0 atom stereocenters. The van der Waals surface area contributed by atoms with Gasteiger partial charge in [0.2, 0.25) is 0 Å². The Hall–Kier alpha value is -1.41. The zero-order chi connectivity index (χ0) is 13.4. The smallest absolute Gasteiger partial charge is 0.416 e. The molecular formula is C11H15NO5S. The second-order valence-electron chi connectivity index (χ2n) is 3.21. The lowest BCUT2D eigenvalue weighted by molar-refractivity contribution is 0.179. The van der Waals surface area contributed by atoms with E-state index in [1.807, 2.05) is 37.3 Å². The summed E-state index contributed by atoms with van der Waals surface area (Å²) < 4.78 is 34.9. The summed E-state index contributed by atoms with van der Waals surface area (Å²) in [5, 5.41) is 0. The van der Waals surface area contributed by atoms with E-state index in [4.69, 9.17) is 4.74 Å². The van der Waals surface area contributed by atoms with Gasteiger partial charge < -0.3 is 4.74 Å². The molecule has 0 radical (unpaired) electrons. The summed E-state index contributed by atoms with van der Waals surface area (Å²) in [6.07, 6.45) is 3.77. The van der Waals surface area contributed by atoms with Crippen LogP contribution >= 0.6 is 0 Å². The third kappa shape index (κ3) is 4.84. The summed E-state index contributed by atoms with van der Waals surface area (Å²) in [5.74, 6) is 5.14. The Kier molecular flexibility index (Phi) is 5.79. The van der Waals surface area contributed by atoms with E-state index in [-0.39, 0.29) is 13.2 Å². The van der Waals surface area contributed by atoms with Crippen LogP contribution in [0, 0.1) is 0 Å². The summed E-state index contributed by atoms with van der Waals surface area (Å²) in [7, 11) is -4.11. The molecule has 0 saturated carbocycles. The van der Waals surface area contributed by atoms with Gasteiger partial charge in [-0.3, -0.25) is 0 Å². The van der Waals surface area contributed by atoms with Gasteiger partial charge in [-0.15, -0.1) is 0 Å². The minimum absolute atomic E-state index is 0.0666. The number of allylic oxidation sites excluding steroid dienone is 1. The molecule has 7 heteroatoms. The molecule has 0 aliphatic carbocycles. The highest BCUT2D eigenvalue weighted by Crippen LogP contribution is 2.19. The topological polar surface area (TPSA) is 87.8 Å². The molecule has 0 aromatic heterocycles. The molecule has 100 valence electrons. The standard InChI is InChI=1S/C11H15NO5S/c1-2-5-10-6-3-4-7-11(10)15-8-9-16-18(13,14)17-12/h2-7H,8-9,12H2,1H3. The molecule has 18 heavy (non-hydrogen) atoms. The number of hydrogen-bond donors (Lipinski definition) is 1. The molecule has 1 rings (SSSR count). The molecule has 6 nitrogen and oxygen atoms in total. The van der Waals surface area contributed by atoms with Crippen molar-refractivity contribution in [3.8, 4) is 5.75 Å². The van der Waals surface area contributed by atoms with Gasteiger partial charge in [0.1, 0.15) is 19.0 Å². The second kappa shape index (κ2) is 7.12. The Balaban J connectivity index is 2.49. The maximum atomic E-state index is 10.7. The second-order valence-corrected chi connectivity index (χ2v) is 4.46. The lowest BCUT2D eigenvalue weighted by Crippen LogP contribution is -2.17. The minimum Gasteiger partial charge on any atom is -0.491 e. The van der Waals surface area contributed by atoms with Gasteiger partial charge in [-0.2, -0.15) is 18.6 Å². The third-order valence-electron chi connectivity index (χ3n) is 1.95. The van der Waals surface area contributed by atoms with Gasteiger partial charge in [0.25, 0.3) is 0 Å². The van der Waals surface area contributed by atoms with E-state index in [1.165, 1.54) is 0 Å². The number of nitrogens with two attached hydrogens (primary N) is 1. The fraction of sp³-hybridized carbons (Fsp3) is 0.273. The molecule has 0 fully saturated rings. The lowest BCUT2D eigenvalue weighted by Gasteiger charge is -2.08. The van der Waals surface area contributed by atoms with Crippen LogP contribution in [-0.2, 0) is 18.9 Å². The fourth-order valence-electron chi connectivity index (χ4n) is 1.24. The summed E-state index contributed by atoms with van der Waals surface area (Å²) in [6.45, 7) is 1.78. The lowest BCUT2D eigenvalue weighted by atomic mass is 10.2. The van der Waals surface area contributed by atoms with E-state index >= 15 is 0 Å². The first kappa shape index (κ1) is 14.7. The highest BCUT2D eigenvalue weighted by molar-refractivity contribution is 7.81. The Morgan fingerprint density at radius 2 is 2.00 bits per heavy atom. The fourth-order valence-corrected chi connectivity index (χ4v) is 1.57.